The molecule has 0 spiro atoms. The van der Waals surface area contributed by atoms with Gasteiger partial charge in [-0.25, -0.2) is 0 Å². The van der Waals surface area contributed by atoms with E-state index in [-0.39, 0.29) is 5.97 Å². The zero-order chi connectivity index (χ0) is 24.8. The molecule has 4 aliphatic carbocycles. The number of hydrogen-bond donors (Lipinski definition) is 0. The average Bonchev–Trinajstić information content (AvgIpc) is 3.19. The van der Waals surface area contributed by atoms with Crippen LogP contribution in [0, 0.1) is 39.9 Å². The van der Waals surface area contributed by atoms with Gasteiger partial charge in [-0.3, -0.25) is 4.79 Å². The molecule has 7 atom stereocenters. The second-order valence-corrected chi connectivity index (χ2v) is 13.0. The molecule has 0 aliphatic heterocycles. The van der Waals surface area contributed by atoms with Crippen molar-refractivity contribution in [1.82, 2.24) is 0 Å². The minimum absolute atomic E-state index is 0.0653. The molecule has 0 radical (unpaired) electrons. The van der Waals surface area contributed by atoms with Crippen molar-refractivity contribution in [1.29, 1.82) is 0 Å². The molecular weight excluding hydrogens is 432 g/mol. The fourth-order valence-corrected chi connectivity index (χ4v) is 8.83. The number of ether oxygens (including phenoxy) is 2. The van der Waals surface area contributed by atoms with Gasteiger partial charge in [-0.1, -0.05) is 55.8 Å². The molecule has 5 rings (SSSR count). The van der Waals surface area contributed by atoms with Crippen LogP contribution >= 0.6 is 0 Å². The second-order valence-electron chi connectivity index (χ2n) is 13.0. The van der Waals surface area contributed by atoms with Crippen molar-refractivity contribution in [3.63, 3.8) is 0 Å². The summed E-state index contributed by atoms with van der Waals surface area (Å²) in [6.45, 7) is 12.4. The van der Waals surface area contributed by atoms with Crippen molar-refractivity contribution >= 4 is 5.97 Å². The number of allylic oxidation sites excluding steroid dienone is 1. The summed E-state index contributed by atoms with van der Waals surface area (Å²) in [6, 6.07) is 10.7. The van der Waals surface area contributed by atoms with E-state index < -0.39 is 5.41 Å². The highest BCUT2D eigenvalue weighted by Gasteiger charge is 2.60. The molecule has 35 heavy (non-hydrogen) atoms. The van der Waals surface area contributed by atoms with Crippen molar-refractivity contribution in [2.75, 3.05) is 6.61 Å². The van der Waals surface area contributed by atoms with Crippen molar-refractivity contribution in [2.45, 2.75) is 98.7 Å². The lowest BCUT2D eigenvalue weighted by molar-refractivity contribution is -0.152. The van der Waals surface area contributed by atoms with Gasteiger partial charge in [-0.05, 0) is 112 Å². The van der Waals surface area contributed by atoms with Crippen LogP contribution in [-0.2, 0) is 20.9 Å². The van der Waals surface area contributed by atoms with Crippen LogP contribution in [-0.4, -0.2) is 18.7 Å². The maximum Gasteiger partial charge on any atom is 0.315 e. The molecule has 192 valence electrons. The Morgan fingerprint density at radius 2 is 1.74 bits per heavy atom. The number of carbonyl (C=O) groups excluding carboxylic acids is 1. The minimum Gasteiger partial charge on any atom is -0.465 e. The van der Waals surface area contributed by atoms with Crippen molar-refractivity contribution in [3.05, 3.63) is 47.5 Å². The van der Waals surface area contributed by atoms with Gasteiger partial charge in [-0.2, -0.15) is 0 Å². The van der Waals surface area contributed by atoms with Gasteiger partial charge in [0.2, 0.25) is 0 Å². The number of rotatable bonds is 6. The number of hydrogen-bond acceptors (Lipinski definition) is 3. The van der Waals surface area contributed by atoms with Crippen LogP contribution in [0.5, 0.6) is 0 Å². The quantitative estimate of drug-likeness (QED) is 0.310. The topological polar surface area (TPSA) is 35.5 Å². The third kappa shape index (κ3) is 4.20. The van der Waals surface area contributed by atoms with Crippen LogP contribution < -0.4 is 0 Å². The van der Waals surface area contributed by atoms with E-state index in [0.29, 0.717) is 29.5 Å². The largest absolute Gasteiger partial charge is 0.465 e. The molecule has 3 nitrogen and oxygen atoms in total. The summed E-state index contributed by atoms with van der Waals surface area (Å²) in [5, 5.41) is 0. The smallest absolute Gasteiger partial charge is 0.315 e. The number of esters is 1. The number of benzene rings is 1. The summed E-state index contributed by atoms with van der Waals surface area (Å²) in [6.07, 6.45) is 12.8. The van der Waals surface area contributed by atoms with E-state index in [0.717, 1.165) is 37.2 Å². The summed E-state index contributed by atoms with van der Waals surface area (Å²) in [5.41, 5.74) is 2.78. The van der Waals surface area contributed by atoms with E-state index in [9.17, 15) is 4.79 Å². The number of carbonyl (C=O) groups is 1. The molecule has 3 heteroatoms. The highest BCUT2D eigenvalue weighted by Crippen LogP contribution is 2.67. The normalized spacial score (nSPS) is 38.7. The Labute approximate surface area is 213 Å². The molecule has 3 fully saturated rings. The van der Waals surface area contributed by atoms with E-state index in [2.05, 4.69) is 64.1 Å². The molecular formula is C32H46O3. The molecule has 0 aromatic heterocycles. The van der Waals surface area contributed by atoms with E-state index >= 15 is 0 Å². The number of fused-ring (bicyclic) bond motifs is 5. The minimum atomic E-state index is -0.506. The lowest BCUT2D eigenvalue weighted by Crippen LogP contribution is -2.53. The summed E-state index contributed by atoms with van der Waals surface area (Å²) in [5.74, 6) is 3.04. The van der Waals surface area contributed by atoms with Gasteiger partial charge in [0.25, 0.3) is 0 Å². The second kappa shape index (κ2) is 9.36. The molecule has 3 saturated carbocycles. The molecule has 1 aromatic rings. The summed E-state index contributed by atoms with van der Waals surface area (Å²) in [4.78, 5) is 12.7. The van der Waals surface area contributed by atoms with Gasteiger partial charge < -0.3 is 9.47 Å². The standard InChI is InChI=1S/C32H46O3/c1-6-34-29(33)30(2,3)23-16-18-31(4)24(20-23)12-13-25-26-14-15-28(32(26,5)19-17-27(25)31)35-21-22-10-8-7-9-11-22/h7-11,16,24-28H,6,12-15,17-21H2,1-5H3/t24-,25-,26+,27-,28-,31+,32+/m0/s1. The first-order valence-corrected chi connectivity index (χ1v) is 14.2. The Kier molecular flexibility index (Phi) is 6.70. The van der Waals surface area contributed by atoms with E-state index in [1.54, 1.807) is 0 Å². The van der Waals surface area contributed by atoms with Crippen LogP contribution in [0.2, 0.25) is 0 Å². The lowest BCUT2D eigenvalue weighted by atomic mass is 9.45. The summed E-state index contributed by atoms with van der Waals surface area (Å²) >= 11 is 0. The van der Waals surface area contributed by atoms with E-state index in [1.807, 2.05) is 6.92 Å². The fourth-order valence-electron chi connectivity index (χ4n) is 8.83. The van der Waals surface area contributed by atoms with Gasteiger partial charge in [0.1, 0.15) is 0 Å². The van der Waals surface area contributed by atoms with Gasteiger partial charge >= 0.3 is 5.97 Å². The first-order chi connectivity index (χ1) is 16.7. The van der Waals surface area contributed by atoms with E-state index in [1.165, 1.54) is 49.7 Å². The Morgan fingerprint density at radius 1 is 1.00 bits per heavy atom. The highest BCUT2D eigenvalue weighted by atomic mass is 16.5. The predicted molar refractivity (Wildman–Crippen MR) is 141 cm³/mol. The molecule has 0 unspecified atom stereocenters. The molecule has 0 heterocycles. The van der Waals surface area contributed by atoms with Crippen LogP contribution in [0.3, 0.4) is 0 Å². The Hall–Kier alpha value is -1.61. The zero-order valence-electron chi connectivity index (χ0n) is 22.6. The van der Waals surface area contributed by atoms with Gasteiger partial charge in [0.15, 0.2) is 0 Å². The molecule has 0 saturated heterocycles. The molecule has 0 N–H and O–H groups in total. The molecule has 0 bridgehead atoms. The first-order valence-electron chi connectivity index (χ1n) is 14.2. The fraction of sp³-hybridized carbons (Fsp3) is 0.719. The van der Waals surface area contributed by atoms with Gasteiger partial charge in [0.05, 0.1) is 24.7 Å². The predicted octanol–water partition coefficient (Wildman–Crippen LogP) is 7.74. The first kappa shape index (κ1) is 25.1. The molecule has 4 aliphatic rings. The SMILES string of the molecule is CCOC(=O)C(C)(C)C1=CC[C@]2(C)[C@@H](CC[C@H]3[C@H]4CC[C@H](OCc5ccccc5)[C@]4(C)CC[C@@H]32)C1. The van der Waals surface area contributed by atoms with Crippen molar-refractivity contribution < 1.29 is 14.3 Å². The lowest BCUT2D eigenvalue weighted by Gasteiger charge is -2.60. The third-order valence-corrected chi connectivity index (χ3v) is 11.1. The maximum absolute atomic E-state index is 12.7. The molecule has 1 aromatic carbocycles. The van der Waals surface area contributed by atoms with Gasteiger partial charge in [0, 0.05) is 0 Å². The zero-order valence-corrected chi connectivity index (χ0v) is 22.6. The maximum atomic E-state index is 12.7. The average molecular weight is 479 g/mol. The monoisotopic (exact) mass is 478 g/mol. The van der Waals surface area contributed by atoms with Crippen LogP contribution in [0.15, 0.2) is 42.0 Å². The highest BCUT2D eigenvalue weighted by molar-refractivity contribution is 5.79. The molecule has 0 amide bonds. The summed E-state index contributed by atoms with van der Waals surface area (Å²) in [7, 11) is 0. The van der Waals surface area contributed by atoms with Crippen LogP contribution in [0.1, 0.15) is 91.5 Å². The van der Waals surface area contributed by atoms with Crippen molar-refractivity contribution in [2.24, 2.45) is 39.9 Å². The van der Waals surface area contributed by atoms with Crippen molar-refractivity contribution in [3.8, 4) is 0 Å². The van der Waals surface area contributed by atoms with Crippen LogP contribution in [0.4, 0.5) is 0 Å². The van der Waals surface area contributed by atoms with E-state index in [4.69, 9.17) is 9.47 Å². The Balaban J connectivity index is 1.30. The Bertz CT molecular complexity index is 949. The Morgan fingerprint density at radius 3 is 2.49 bits per heavy atom. The van der Waals surface area contributed by atoms with Gasteiger partial charge in [-0.15, -0.1) is 0 Å². The van der Waals surface area contributed by atoms with Crippen LogP contribution in [0.25, 0.3) is 0 Å². The third-order valence-electron chi connectivity index (χ3n) is 11.1. The summed E-state index contributed by atoms with van der Waals surface area (Å²) < 4.78 is 12.0.